The maximum atomic E-state index is 12.5. The lowest BCUT2D eigenvalue weighted by molar-refractivity contribution is -0.113. The van der Waals surface area contributed by atoms with Gasteiger partial charge in [0.15, 0.2) is 0 Å². The van der Waals surface area contributed by atoms with Crippen molar-refractivity contribution in [2.75, 3.05) is 30.8 Å². The van der Waals surface area contributed by atoms with Gasteiger partial charge in [-0.15, -0.1) is 11.8 Å². The van der Waals surface area contributed by atoms with Crippen LogP contribution in [0.5, 0.6) is 5.75 Å². The molecule has 3 rings (SSSR count). The Hall–Kier alpha value is -2.03. The van der Waals surface area contributed by atoms with Crippen molar-refractivity contribution in [3.8, 4) is 5.75 Å². The van der Waals surface area contributed by atoms with Gasteiger partial charge in [0.2, 0.25) is 15.9 Å². The highest BCUT2D eigenvalue weighted by Gasteiger charge is 2.26. The summed E-state index contributed by atoms with van der Waals surface area (Å²) >= 11 is 1.37. The van der Waals surface area contributed by atoms with E-state index in [0.29, 0.717) is 30.3 Å². The van der Waals surface area contributed by atoms with Crippen LogP contribution in [0, 0.1) is 0 Å². The van der Waals surface area contributed by atoms with Crippen LogP contribution in [-0.2, 0) is 14.8 Å². The minimum atomic E-state index is -3.40. The third-order valence-corrected chi connectivity index (χ3v) is 7.27. The van der Waals surface area contributed by atoms with E-state index in [0.717, 1.165) is 23.5 Å². The number of amides is 1. The van der Waals surface area contributed by atoms with Gasteiger partial charge in [0.25, 0.3) is 0 Å². The van der Waals surface area contributed by atoms with Gasteiger partial charge in [0.1, 0.15) is 5.75 Å². The fourth-order valence-electron chi connectivity index (χ4n) is 2.93. The predicted octanol–water partition coefficient (Wildman–Crippen LogP) is 3.60. The zero-order chi connectivity index (χ0) is 20.0. The van der Waals surface area contributed by atoms with Gasteiger partial charge in [-0.25, -0.2) is 8.42 Å². The Morgan fingerprint density at radius 2 is 1.71 bits per heavy atom. The molecule has 1 aliphatic heterocycles. The van der Waals surface area contributed by atoms with Crippen molar-refractivity contribution in [1.29, 1.82) is 0 Å². The van der Waals surface area contributed by atoms with Gasteiger partial charge < -0.3 is 10.1 Å². The monoisotopic (exact) mass is 420 g/mol. The fourth-order valence-corrected chi connectivity index (χ4v) is 5.15. The smallest absolute Gasteiger partial charge is 0.243 e. The molecule has 0 saturated carbocycles. The van der Waals surface area contributed by atoms with Crippen LogP contribution in [0.25, 0.3) is 0 Å². The van der Waals surface area contributed by atoms with Crippen molar-refractivity contribution < 1.29 is 17.9 Å². The molecule has 0 bridgehead atoms. The molecule has 0 spiro atoms. The van der Waals surface area contributed by atoms with Crippen molar-refractivity contribution in [1.82, 2.24) is 4.31 Å². The molecular formula is C20H24N2O4S2. The van der Waals surface area contributed by atoms with Crippen molar-refractivity contribution in [2.24, 2.45) is 0 Å². The van der Waals surface area contributed by atoms with Crippen molar-refractivity contribution in [3.05, 3.63) is 48.5 Å². The number of sulfonamides is 1. The molecule has 0 radical (unpaired) electrons. The zero-order valence-electron chi connectivity index (χ0n) is 15.8. The topological polar surface area (TPSA) is 75.7 Å². The number of thioether (sulfide) groups is 1. The van der Waals surface area contributed by atoms with Gasteiger partial charge in [-0.3, -0.25) is 4.79 Å². The van der Waals surface area contributed by atoms with E-state index in [-0.39, 0.29) is 11.7 Å². The van der Waals surface area contributed by atoms with E-state index in [1.165, 1.54) is 16.1 Å². The lowest BCUT2D eigenvalue weighted by atomic mass is 10.3. The quantitative estimate of drug-likeness (QED) is 0.661. The maximum Gasteiger partial charge on any atom is 0.243 e. The number of benzene rings is 2. The first kappa shape index (κ1) is 20.7. The molecule has 150 valence electrons. The first-order chi connectivity index (χ1) is 13.5. The molecule has 0 unspecified atom stereocenters. The number of anilines is 1. The normalized spacial score (nSPS) is 14.8. The van der Waals surface area contributed by atoms with Gasteiger partial charge in [0, 0.05) is 23.7 Å². The van der Waals surface area contributed by atoms with Crippen LogP contribution in [0.3, 0.4) is 0 Å². The molecule has 0 aliphatic carbocycles. The van der Waals surface area contributed by atoms with Crippen molar-refractivity contribution >= 4 is 33.4 Å². The Balaban J connectivity index is 1.52. The predicted molar refractivity (Wildman–Crippen MR) is 111 cm³/mol. The van der Waals surface area contributed by atoms with Gasteiger partial charge in [-0.05, 0) is 68.3 Å². The number of nitrogens with one attached hydrogen (secondary N) is 1. The second-order valence-corrected chi connectivity index (χ2v) is 9.36. The minimum absolute atomic E-state index is 0.122. The first-order valence-electron chi connectivity index (χ1n) is 9.25. The van der Waals surface area contributed by atoms with E-state index in [2.05, 4.69) is 5.32 Å². The SMILES string of the molecule is CCOc1ccc(NC(=O)CSc2ccc(S(=O)(=O)N3CCCC3)cc2)cc1. The number of hydrogen-bond acceptors (Lipinski definition) is 5. The third kappa shape index (κ3) is 5.27. The highest BCUT2D eigenvalue weighted by atomic mass is 32.2. The summed E-state index contributed by atoms with van der Waals surface area (Å²) in [4.78, 5) is 13.3. The number of carbonyl (C=O) groups excluding carboxylic acids is 1. The molecule has 1 saturated heterocycles. The van der Waals surface area contributed by atoms with Gasteiger partial charge in [0.05, 0.1) is 17.3 Å². The fraction of sp³-hybridized carbons (Fsp3) is 0.350. The number of hydrogen-bond donors (Lipinski definition) is 1. The highest BCUT2D eigenvalue weighted by molar-refractivity contribution is 8.00. The zero-order valence-corrected chi connectivity index (χ0v) is 17.4. The molecule has 1 amide bonds. The number of nitrogens with zero attached hydrogens (tertiary/aromatic N) is 1. The molecule has 2 aromatic carbocycles. The van der Waals surface area contributed by atoms with Gasteiger partial charge in [-0.1, -0.05) is 0 Å². The lowest BCUT2D eigenvalue weighted by Crippen LogP contribution is -2.27. The Morgan fingerprint density at radius 1 is 1.07 bits per heavy atom. The minimum Gasteiger partial charge on any atom is -0.494 e. The van der Waals surface area contributed by atoms with Gasteiger partial charge >= 0.3 is 0 Å². The van der Waals surface area contributed by atoms with Crippen LogP contribution in [0.2, 0.25) is 0 Å². The molecule has 8 heteroatoms. The number of rotatable bonds is 8. The average Bonchev–Trinajstić information content (AvgIpc) is 3.24. The standard InChI is InChI=1S/C20H24N2O4S2/c1-2-26-17-7-5-16(6-8-17)21-20(23)15-27-18-9-11-19(12-10-18)28(24,25)22-13-3-4-14-22/h5-12H,2-4,13-15H2,1H3,(H,21,23). The largest absolute Gasteiger partial charge is 0.494 e. The number of carbonyl (C=O) groups is 1. The maximum absolute atomic E-state index is 12.5. The summed E-state index contributed by atoms with van der Waals surface area (Å²) in [6, 6.07) is 13.9. The van der Waals surface area contributed by atoms with Crippen LogP contribution >= 0.6 is 11.8 Å². The van der Waals surface area contributed by atoms with E-state index in [1.807, 2.05) is 19.1 Å². The van der Waals surface area contributed by atoms with E-state index in [9.17, 15) is 13.2 Å². The van der Waals surface area contributed by atoms with Crippen LogP contribution in [0.1, 0.15) is 19.8 Å². The van der Waals surface area contributed by atoms with Crippen molar-refractivity contribution in [2.45, 2.75) is 29.6 Å². The molecule has 0 aromatic heterocycles. The first-order valence-corrected chi connectivity index (χ1v) is 11.7. The summed E-state index contributed by atoms with van der Waals surface area (Å²) in [6.45, 7) is 3.69. The summed E-state index contributed by atoms with van der Waals surface area (Å²) < 4.78 is 32.0. The van der Waals surface area contributed by atoms with Crippen molar-refractivity contribution in [3.63, 3.8) is 0 Å². The average molecular weight is 421 g/mol. The lowest BCUT2D eigenvalue weighted by Gasteiger charge is -2.15. The molecule has 28 heavy (non-hydrogen) atoms. The molecular weight excluding hydrogens is 396 g/mol. The van der Waals surface area contributed by atoms with E-state index in [4.69, 9.17) is 4.74 Å². The molecule has 2 aromatic rings. The second-order valence-electron chi connectivity index (χ2n) is 6.38. The Bertz CT molecular complexity index is 891. The van der Waals surface area contributed by atoms with Crippen LogP contribution in [0.4, 0.5) is 5.69 Å². The van der Waals surface area contributed by atoms with Crippen LogP contribution in [-0.4, -0.2) is 44.1 Å². The number of ether oxygens (including phenoxy) is 1. The van der Waals surface area contributed by atoms with E-state index < -0.39 is 10.0 Å². The Labute approximate surface area is 170 Å². The van der Waals surface area contributed by atoms with E-state index >= 15 is 0 Å². The van der Waals surface area contributed by atoms with Gasteiger partial charge in [-0.2, -0.15) is 4.31 Å². The molecule has 0 atom stereocenters. The molecule has 1 aliphatic rings. The summed E-state index contributed by atoms with van der Waals surface area (Å²) in [5, 5.41) is 2.84. The second kappa shape index (κ2) is 9.45. The molecule has 1 heterocycles. The third-order valence-electron chi connectivity index (χ3n) is 4.35. The summed E-state index contributed by atoms with van der Waals surface area (Å²) in [6.07, 6.45) is 1.83. The Morgan fingerprint density at radius 3 is 2.32 bits per heavy atom. The summed E-state index contributed by atoms with van der Waals surface area (Å²) in [7, 11) is -3.40. The summed E-state index contributed by atoms with van der Waals surface area (Å²) in [5.74, 6) is 0.882. The molecule has 1 fully saturated rings. The van der Waals surface area contributed by atoms with Crippen LogP contribution < -0.4 is 10.1 Å². The summed E-state index contributed by atoms with van der Waals surface area (Å²) in [5.41, 5.74) is 0.709. The van der Waals surface area contributed by atoms with Crippen LogP contribution in [0.15, 0.2) is 58.3 Å². The molecule has 6 nitrogen and oxygen atoms in total. The highest BCUT2D eigenvalue weighted by Crippen LogP contribution is 2.24. The molecule has 1 N–H and O–H groups in total. The Kier molecular flexibility index (Phi) is 6.98. The van der Waals surface area contributed by atoms with E-state index in [1.54, 1.807) is 36.4 Å².